The summed E-state index contributed by atoms with van der Waals surface area (Å²) < 4.78 is 1.71. The van der Waals surface area contributed by atoms with Crippen LogP contribution in [-0.2, 0) is 0 Å². The van der Waals surface area contributed by atoms with Gasteiger partial charge in [0.2, 0.25) is 0 Å². The molecule has 0 saturated carbocycles. The van der Waals surface area contributed by atoms with Crippen LogP contribution in [0.1, 0.15) is 11.3 Å². The van der Waals surface area contributed by atoms with Gasteiger partial charge >= 0.3 is 0 Å². The smallest absolute Gasteiger partial charge is 0.191 e. The van der Waals surface area contributed by atoms with E-state index in [1.807, 2.05) is 61.5 Å². The SMILES string of the molecule is Cc1cccc(-n2nnc(C#N)c2-c2ccccc2)c1. The van der Waals surface area contributed by atoms with Gasteiger partial charge in [-0.15, -0.1) is 5.10 Å². The highest BCUT2D eigenvalue weighted by atomic mass is 15.4. The molecule has 0 unspecified atom stereocenters. The van der Waals surface area contributed by atoms with Gasteiger partial charge < -0.3 is 0 Å². The number of nitrogens with zero attached hydrogens (tertiary/aromatic N) is 4. The van der Waals surface area contributed by atoms with Crippen molar-refractivity contribution in [1.82, 2.24) is 15.0 Å². The minimum atomic E-state index is 0.331. The van der Waals surface area contributed by atoms with Gasteiger partial charge in [-0.05, 0) is 24.6 Å². The lowest BCUT2D eigenvalue weighted by molar-refractivity contribution is 0.806. The second-order valence-corrected chi connectivity index (χ2v) is 4.52. The Labute approximate surface area is 116 Å². The van der Waals surface area contributed by atoms with E-state index in [1.165, 1.54) is 0 Å². The van der Waals surface area contributed by atoms with Crippen LogP contribution in [0, 0.1) is 18.3 Å². The van der Waals surface area contributed by atoms with E-state index in [2.05, 4.69) is 16.4 Å². The van der Waals surface area contributed by atoms with Crippen molar-refractivity contribution in [3.8, 4) is 23.0 Å². The number of hydrogen-bond acceptors (Lipinski definition) is 3. The fraction of sp³-hybridized carbons (Fsp3) is 0.0625. The van der Waals surface area contributed by atoms with Gasteiger partial charge in [0.05, 0.1) is 5.69 Å². The molecule has 0 radical (unpaired) electrons. The van der Waals surface area contributed by atoms with Gasteiger partial charge in [0.25, 0.3) is 0 Å². The molecular formula is C16H12N4. The molecule has 2 aromatic carbocycles. The molecule has 3 rings (SSSR count). The summed E-state index contributed by atoms with van der Waals surface area (Å²) in [6.45, 7) is 2.02. The van der Waals surface area contributed by atoms with Gasteiger partial charge in [-0.3, -0.25) is 0 Å². The molecule has 20 heavy (non-hydrogen) atoms. The first-order valence-corrected chi connectivity index (χ1v) is 6.28. The van der Waals surface area contributed by atoms with Crippen molar-refractivity contribution in [1.29, 1.82) is 5.26 Å². The van der Waals surface area contributed by atoms with Crippen molar-refractivity contribution in [2.75, 3.05) is 0 Å². The Morgan fingerprint density at radius 1 is 1.05 bits per heavy atom. The molecule has 0 spiro atoms. The molecule has 0 bridgehead atoms. The summed E-state index contributed by atoms with van der Waals surface area (Å²) >= 11 is 0. The van der Waals surface area contributed by atoms with E-state index >= 15 is 0 Å². The van der Waals surface area contributed by atoms with E-state index in [4.69, 9.17) is 0 Å². The van der Waals surface area contributed by atoms with Gasteiger partial charge in [0, 0.05) is 5.56 Å². The van der Waals surface area contributed by atoms with E-state index in [0.29, 0.717) is 5.69 Å². The van der Waals surface area contributed by atoms with Gasteiger partial charge in [-0.2, -0.15) is 5.26 Å². The van der Waals surface area contributed by atoms with Gasteiger partial charge in [0.1, 0.15) is 11.8 Å². The van der Waals surface area contributed by atoms with Crippen molar-refractivity contribution < 1.29 is 0 Å². The third-order valence-corrected chi connectivity index (χ3v) is 3.07. The molecule has 0 amide bonds. The fourth-order valence-electron chi connectivity index (χ4n) is 2.15. The molecule has 1 heterocycles. The van der Waals surface area contributed by atoms with Crippen LogP contribution in [0.25, 0.3) is 16.9 Å². The maximum Gasteiger partial charge on any atom is 0.191 e. The van der Waals surface area contributed by atoms with E-state index in [1.54, 1.807) is 4.68 Å². The lowest BCUT2D eigenvalue weighted by atomic mass is 10.1. The van der Waals surface area contributed by atoms with Crippen LogP contribution >= 0.6 is 0 Å². The molecule has 0 aliphatic carbocycles. The predicted octanol–water partition coefficient (Wildman–Crippen LogP) is 3.11. The van der Waals surface area contributed by atoms with E-state index < -0.39 is 0 Å². The van der Waals surface area contributed by atoms with Gasteiger partial charge in [-0.25, -0.2) is 4.68 Å². The molecule has 96 valence electrons. The Kier molecular flexibility index (Phi) is 3.02. The average Bonchev–Trinajstić information content (AvgIpc) is 2.92. The van der Waals surface area contributed by atoms with Crippen LogP contribution < -0.4 is 0 Å². The first-order chi connectivity index (χ1) is 9.79. The molecule has 0 N–H and O–H groups in total. The average molecular weight is 260 g/mol. The summed E-state index contributed by atoms with van der Waals surface area (Å²) in [7, 11) is 0. The number of hydrogen-bond donors (Lipinski definition) is 0. The van der Waals surface area contributed by atoms with E-state index in [-0.39, 0.29) is 0 Å². The Morgan fingerprint density at radius 3 is 2.55 bits per heavy atom. The number of aryl methyl sites for hydroxylation is 1. The summed E-state index contributed by atoms with van der Waals surface area (Å²) in [6.07, 6.45) is 0. The van der Waals surface area contributed by atoms with Crippen molar-refractivity contribution >= 4 is 0 Å². The van der Waals surface area contributed by atoms with Gasteiger partial charge in [0.15, 0.2) is 5.69 Å². The monoisotopic (exact) mass is 260 g/mol. The third-order valence-electron chi connectivity index (χ3n) is 3.07. The van der Waals surface area contributed by atoms with E-state index in [9.17, 15) is 5.26 Å². The van der Waals surface area contributed by atoms with Crippen molar-refractivity contribution in [2.45, 2.75) is 6.92 Å². The predicted molar refractivity (Wildman–Crippen MR) is 76.2 cm³/mol. The number of aromatic nitrogens is 3. The molecular weight excluding hydrogens is 248 g/mol. The third kappa shape index (κ3) is 2.06. The summed E-state index contributed by atoms with van der Waals surface area (Å²) in [5.74, 6) is 0. The maximum atomic E-state index is 9.23. The Bertz CT molecular complexity index is 782. The minimum Gasteiger partial charge on any atom is -0.211 e. The lowest BCUT2D eigenvalue weighted by Crippen LogP contribution is -2.00. The molecule has 1 aromatic heterocycles. The summed E-state index contributed by atoms with van der Waals surface area (Å²) in [5.41, 5.74) is 4.01. The van der Waals surface area contributed by atoms with Crippen molar-refractivity contribution in [2.24, 2.45) is 0 Å². The lowest BCUT2D eigenvalue weighted by Gasteiger charge is -2.07. The first kappa shape index (κ1) is 12.1. The Hall–Kier alpha value is -2.93. The number of benzene rings is 2. The first-order valence-electron chi connectivity index (χ1n) is 6.28. The molecule has 0 aliphatic rings. The van der Waals surface area contributed by atoms with E-state index in [0.717, 1.165) is 22.5 Å². The summed E-state index contributed by atoms with van der Waals surface area (Å²) in [4.78, 5) is 0. The number of rotatable bonds is 2. The Morgan fingerprint density at radius 2 is 1.85 bits per heavy atom. The van der Waals surface area contributed by atoms with Crippen LogP contribution in [0.2, 0.25) is 0 Å². The standard InChI is InChI=1S/C16H12N4/c1-12-6-5-9-14(10-12)20-16(15(11-17)18-19-20)13-7-3-2-4-8-13/h2-10H,1H3. The molecule has 0 atom stereocenters. The summed E-state index contributed by atoms with van der Waals surface area (Å²) in [5, 5.41) is 17.3. The largest absolute Gasteiger partial charge is 0.211 e. The molecule has 0 saturated heterocycles. The van der Waals surface area contributed by atoms with Crippen LogP contribution in [0.5, 0.6) is 0 Å². The normalized spacial score (nSPS) is 10.2. The summed E-state index contributed by atoms with van der Waals surface area (Å²) in [6, 6.07) is 19.8. The topological polar surface area (TPSA) is 54.5 Å². The zero-order valence-corrected chi connectivity index (χ0v) is 11.0. The zero-order chi connectivity index (χ0) is 13.9. The van der Waals surface area contributed by atoms with Crippen LogP contribution in [-0.4, -0.2) is 15.0 Å². The molecule has 4 nitrogen and oxygen atoms in total. The minimum absolute atomic E-state index is 0.331. The highest BCUT2D eigenvalue weighted by Gasteiger charge is 2.15. The Balaban J connectivity index is 2.24. The second kappa shape index (κ2) is 4.98. The van der Waals surface area contributed by atoms with Crippen molar-refractivity contribution in [3.05, 3.63) is 65.9 Å². The quantitative estimate of drug-likeness (QED) is 0.711. The molecule has 0 fully saturated rings. The van der Waals surface area contributed by atoms with Gasteiger partial charge in [-0.1, -0.05) is 47.7 Å². The van der Waals surface area contributed by atoms with Crippen LogP contribution in [0.4, 0.5) is 0 Å². The van der Waals surface area contributed by atoms with Crippen LogP contribution in [0.3, 0.4) is 0 Å². The highest BCUT2D eigenvalue weighted by Crippen LogP contribution is 2.24. The van der Waals surface area contributed by atoms with Crippen LogP contribution in [0.15, 0.2) is 54.6 Å². The highest BCUT2D eigenvalue weighted by molar-refractivity contribution is 5.66. The second-order valence-electron chi connectivity index (χ2n) is 4.52. The number of nitriles is 1. The van der Waals surface area contributed by atoms with Crippen molar-refractivity contribution in [3.63, 3.8) is 0 Å². The molecule has 4 heteroatoms. The zero-order valence-electron chi connectivity index (χ0n) is 11.0. The molecule has 0 aliphatic heterocycles. The fourth-order valence-corrected chi connectivity index (χ4v) is 2.15. The maximum absolute atomic E-state index is 9.23. The molecule has 3 aromatic rings.